The average molecular weight is 442 g/mol. The molecule has 3 aliphatic rings. The molecule has 0 bridgehead atoms. The van der Waals surface area contributed by atoms with E-state index in [0.29, 0.717) is 43.5 Å². The number of fused-ring (bicyclic) bond motifs is 1. The molecular weight excluding hydrogens is 410 g/mol. The van der Waals surface area contributed by atoms with Crippen LogP contribution in [0.2, 0.25) is 0 Å². The zero-order valence-electron chi connectivity index (χ0n) is 18.9. The topological polar surface area (TPSA) is 96.0 Å². The van der Waals surface area contributed by atoms with Gasteiger partial charge in [0.15, 0.2) is 0 Å². The van der Waals surface area contributed by atoms with Crippen molar-refractivity contribution in [3.05, 3.63) is 34.9 Å². The SMILES string of the molecule is CC(C)COC(=O)N1CCC(c2ccc3c(c2)CN(C2CCC(=O)NC2=O)C3=O)C[C@@H]1C. The normalized spacial score (nSPS) is 25.8. The van der Waals surface area contributed by atoms with Crippen LogP contribution in [-0.4, -0.2) is 58.8 Å². The fraction of sp³-hybridized carbons (Fsp3) is 0.583. The molecule has 3 atom stereocenters. The molecule has 3 aliphatic heterocycles. The number of benzene rings is 1. The van der Waals surface area contributed by atoms with Crippen molar-refractivity contribution in [3.63, 3.8) is 0 Å². The third-order valence-corrected chi connectivity index (χ3v) is 6.67. The van der Waals surface area contributed by atoms with Crippen molar-refractivity contribution in [2.75, 3.05) is 13.2 Å². The lowest BCUT2D eigenvalue weighted by Gasteiger charge is -2.37. The van der Waals surface area contributed by atoms with Crippen LogP contribution < -0.4 is 5.32 Å². The summed E-state index contributed by atoms with van der Waals surface area (Å²) in [6.45, 7) is 7.52. The molecule has 32 heavy (non-hydrogen) atoms. The minimum Gasteiger partial charge on any atom is -0.449 e. The molecule has 2 fully saturated rings. The Balaban J connectivity index is 1.42. The van der Waals surface area contributed by atoms with Gasteiger partial charge in [-0.15, -0.1) is 0 Å². The Morgan fingerprint density at radius 1 is 1.22 bits per heavy atom. The third-order valence-electron chi connectivity index (χ3n) is 6.67. The lowest BCUT2D eigenvalue weighted by Crippen LogP contribution is -2.52. The average Bonchev–Trinajstić information content (AvgIpc) is 3.07. The van der Waals surface area contributed by atoms with E-state index in [2.05, 4.69) is 11.4 Å². The molecule has 2 saturated heterocycles. The van der Waals surface area contributed by atoms with E-state index in [4.69, 9.17) is 4.74 Å². The molecule has 0 saturated carbocycles. The number of ether oxygens (including phenoxy) is 1. The summed E-state index contributed by atoms with van der Waals surface area (Å²) < 4.78 is 5.40. The molecule has 1 aromatic rings. The molecule has 0 aromatic heterocycles. The van der Waals surface area contributed by atoms with Crippen LogP contribution in [0.25, 0.3) is 0 Å². The molecule has 4 amide bonds. The number of carbonyl (C=O) groups excluding carboxylic acids is 4. The Bertz CT molecular complexity index is 944. The summed E-state index contributed by atoms with van der Waals surface area (Å²) >= 11 is 0. The van der Waals surface area contributed by atoms with Gasteiger partial charge in [0.05, 0.1) is 6.61 Å². The second kappa shape index (κ2) is 8.92. The molecule has 4 rings (SSSR count). The predicted molar refractivity (Wildman–Crippen MR) is 117 cm³/mol. The molecule has 0 aliphatic carbocycles. The van der Waals surface area contributed by atoms with Crippen LogP contribution in [0.1, 0.15) is 73.9 Å². The summed E-state index contributed by atoms with van der Waals surface area (Å²) in [5.74, 6) is -0.235. The molecule has 8 nitrogen and oxygen atoms in total. The van der Waals surface area contributed by atoms with Crippen molar-refractivity contribution in [1.82, 2.24) is 15.1 Å². The summed E-state index contributed by atoms with van der Waals surface area (Å²) in [7, 11) is 0. The van der Waals surface area contributed by atoms with Gasteiger partial charge in [0.1, 0.15) is 6.04 Å². The van der Waals surface area contributed by atoms with Gasteiger partial charge in [-0.05, 0) is 55.2 Å². The van der Waals surface area contributed by atoms with E-state index in [-0.39, 0.29) is 30.4 Å². The Kier molecular flexibility index (Phi) is 6.22. The van der Waals surface area contributed by atoms with Crippen LogP contribution in [0.4, 0.5) is 4.79 Å². The van der Waals surface area contributed by atoms with Crippen LogP contribution in [0.15, 0.2) is 18.2 Å². The zero-order valence-corrected chi connectivity index (χ0v) is 18.9. The largest absolute Gasteiger partial charge is 0.449 e. The number of amides is 4. The highest BCUT2D eigenvalue weighted by Gasteiger charge is 2.39. The molecular formula is C24H31N3O5. The van der Waals surface area contributed by atoms with Crippen molar-refractivity contribution in [2.45, 2.75) is 71.0 Å². The van der Waals surface area contributed by atoms with Gasteiger partial charge in [-0.25, -0.2) is 4.79 Å². The molecule has 2 unspecified atom stereocenters. The number of nitrogens with zero attached hydrogens (tertiary/aromatic N) is 2. The van der Waals surface area contributed by atoms with E-state index < -0.39 is 11.9 Å². The molecule has 8 heteroatoms. The Labute approximate surface area is 188 Å². The summed E-state index contributed by atoms with van der Waals surface area (Å²) in [4.78, 5) is 52.3. The smallest absolute Gasteiger partial charge is 0.410 e. The third kappa shape index (κ3) is 4.36. The van der Waals surface area contributed by atoms with E-state index in [1.165, 1.54) is 0 Å². The van der Waals surface area contributed by atoms with Gasteiger partial charge >= 0.3 is 6.09 Å². The molecule has 1 N–H and O–H groups in total. The first-order valence-corrected chi connectivity index (χ1v) is 11.5. The second-order valence-corrected chi connectivity index (χ2v) is 9.55. The highest BCUT2D eigenvalue weighted by molar-refractivity contribution is 6.05. The Morgan fingerprint density at radius 2 is 2.00 bits per heavy atom. The van der Waals surface area contributed by atoms with Crippen LogP contribution in [0, 0.1) is 5.92 Å². The van der Waals surface area contributed by atoms with Gasteiger partial charge in [0.2, 0.25) is 11.8 Å². The molecule has 0 radical (unpaired) electrons. The number of rotatable bonds is 4. The highest BCUT2D eigenvalue weighted by atomic mass is 16.6. The van der Waals surface area contributed by atoms with E-state index in [0.717, 1.165) is 24.0 Å². The number of carbonyl (C=O) groups is 4. The first-order valence-electron chi connectivity index (χ1n) is 11.5. The van der Waals surface area contributed by atoms with E-state index >= 15 is 0 Å². The quantitative estimate of drug-likeness (QED) is 0.725. The maximum atomic E-state index is 12.9. The van der Waals surface area contributed by atoms with Gasteiger partial charge in [0, 0.05) is 31.1 Å². The Hall–Kier alpha value is -2.90. The zero-order chi connectivity index (χ0) is 23.0. The summed E-state index contributed by atoms with van der Waals surface area (Å²) in [6.07, 6.45) is 2.03. The summed E-state index contributed by atoms with van der Waals surface area (Å²) in [5, 5.41) is 2.34. The van der Waals surface area contributed by atoms with Crippen molar-refractivity contribution in [2.24, 2.45) is 5.92 Å². The monoisotopic (exact) mass is 441 g/mol. The number of nitrogens with one attached hydrogen (secondary N) is 1. The van der Waals surface area contributed by atoms with E-state index in [9.17, 15) is 19.2 Å². The molecule has 3 heterocycles. The van der Waals surface area contributed by atoms with Crippen LogP contribution in [0.3, 0.4) is 0 Å². The minimum absolute atomic E-state index is 0.0725. The van der Waals surface area contributed by atoms with Crippen molar-refractivity contribution < 1.29 is 23.9 Å². The van der Waals surface area contributed by atoms with Crippen LogP contribution in [-0.2, 0) is 20.9 Å². The first kappa shape index (κ1) is 22.3. The van der Waals surface area contributed by atoms with Crippen molar-refractivity contribution >= 4 is 23.8 Å². The number of imide groups is 1. The summed E-state index contributed by atoms with van der Waals surface area (Å²) in [6, 6.07) is 5.39. The maximum Gasteiger partial charge on any atom is 0.410 e. The second-order valence-electron chi connectivity index (χ2n) is 9.55. The number of hydrogen-bond donors (Lipinski definition) is 1. The van der Waals surface area contributed by atoms with Crippen molar-refractivity contribution in [3.8, 4) is 0 Å². The lowest BCUT2D eigenvalue weighted by atomic mass is 9.85. The molecule has 0 spiro atoms. The standard InChI is InChI=1S/C24H31N3O5/c1-14(2)13-32-24(31)26-9-8-17(10-15(26)3)16-4-5-19-18(11-16)12-27(23(19)30)20-6-7-21(28)25-22(20)29/h4-5,11,14-15,17,20H,6-10,12-13H2,1-3H3,(H,25,28,29)/t15-,17?,20?/m0/s1. The molecule has 172 valence electrons. The number of hydrogen-bond acceptors (Lipinski definition) is 5. The van der Waals surface area contributed by atoms with Gasteiger partial charge in [-0.1, -0.05) is 26.0 Å². The van der Waals surface area contributed by atoms with Crippen molar-refractivity contribution in [1.29, 1.82) is 0 Å². The highest BCUT2D eigenvalue weighted by Crippen LogP contribution is 2.35. The first-order chi connectivity index (χ1) is 15.2. The predicted octanol–water partition coefficient (Wildman–Crippen LogP) is 2.81. The van der Waals surface area contributed by atoms with Gasteiger partial charge in [0.25, 0.3) is 5.91 Å². The lowest BCUT2D eigenvalue weighted by molar-refractivity contribution is -0.136. The molecule has 1 aromatic carbocycles. The van der Waals surface area contributed by atoms with Crippen LogP contribution in [0.5, 0.6) is 0 Å². The fourth-order valence-corrected chi connectivity index (χ4v) is 4.92. The van der Waals surface area contributed by atoms with Crippen LogP contribution >= 0.6 is 0 Å². The van der Waals surface area contributed by atoms with Gasteiger partial charge < -0.3 is 14.5 Å². The maximum absolute atomic E-state index is 12.9. The fourth-order valence-electron chi connectivity index (χ4n) is 4.92. The Morgan fingerprint density at radius 3 is 2.69 bits per heavy atom. The summed E-state index contributed by atoms with van der Waals surface area (Å²) in [5.41, 5.74) is 2.70. The number of likely N-dealkylation sites (tertiary alicyclic amines) is 1. The number of piperidine rings is 2. The van der Waals surface area contributed by atoms with E-state index in [1.807, 2.05) is 32.9 Å². The van der Waals surface area contributed by atoms with Gasteiger partial charge in [-0.2, -0.15) is 0 Å². The van der Waals surface area contributed by atoms with Gasteiger partial charge in [-0.3, -0.25) is 19.7 Å². The van der Waals surface area contributed by atoms with E-state index in [1.54, 1.807) is 9.80 Å². The minimum atomic E-state index is -0.601.